The normalized spacial score (nSPS) is 13.3. The number of carbonyl (C=O) groups is 1. The minimum atomic E-state index is -0.0499. The average Bonchev–Trinajstić information content (AvgIpc) is 2.96. The first-order chi connectivity index (χ1) is 11.2. The molecule has 0 saturated carbocycles. The molecular weight excluding hydrogens is 292 g/mol. The summed E-state index contributed by atoms with van der Waals surface area (Å²) in [6, 6.07) is 7.94. The zero-order valence-electron chi connectivity index (χ0n) is 13.3. The summed E-state index contributed by atoms with van der Waals surface area (Å²) < 4.78 is 7.61. The fourth-order valence-electron chi connectivity index (χ4n) is 2.66. The quantitative estimate of drug-likeness (QED) is 0.800. The predicted molar refractivity (Wildman–Crippen MR) is 88.5 cm³/mol. The standard InChI is InChI=1S/C17H22N4O2/c1-13(22)20-16-5-3-14(4-6-16)7-8-18-11-15-12-19-21-9-2-10-23-17(15)21/h3-6,12,18H,2,7-11H2,1H3,(H,20,22). The van der Waals surface area contributed by atoms with Gasteiger partial charge in [-0.25, -0.2) is 4.68 Å². The maximum absolute atomic E-state index is 11.0. The second-order valence-electron chi connectivity index (χ2n) is 5.71. The van der Waals surface area contributed by atoms with E-state index in [1.54, 1.807) is 0 Å². The van der Waals surface area contributed by atoms with E-state index in [-0.39, 0.29) is 5.91 Å². The highest BCUT2D eigenvalue weighted by Gasteiger charge is 2.15. The Morgan fingerprint density at radius 2 is 2.17 bits per heavy atom. The van der Waals surface area contributed by atoms with Gasteiger partial charge in [0.1, 0.15) is 0 Å². The van der Waals surface area contributed by atoms with Crippen molar-refractivity contribution in [2.45, 2.75) is 32.9 Å². The van der Waals surface area contributed by atoms with Gasteiger partial charge in [0.2, 0.25) is 11.8 Å². The SMILES string of the molecule is CC(=O)Nc1ccc(CCNCc2cnn3c2OCCC3)cc1. The van der Waals surface area contributed by atoms with Crippen molar-refractivity contribution in [3.05, 3.63) is 41.6 Å². The van der Waals surface area contributed by atoms with Crippen LogP contribution in [-0.2, 0) is 24.3 Å². The van der Waals surface area contributed by atoms with Crippen LogP contribution in [0, 0.1) is 0 Å². The lowest BCUT2D eigenvalue weighted by Gasteiger charge is -2.16. The van der Waals surface area contributed by atoms with Crippen LogP contribution in [0.15, 0.2) is 30.5 Å². The molecule has 0 saturated heterocycles. The highest BCUT2D eigenvalue weighted by atomic mass is 16.5. The van der Waals surface area contributed by atoms with E-state index in [1.807, 2.05) is 35.1 Å². The lowest BCUT2D eigenvalue weighted by Crippen LogP contribution is -2.19. The van der Waals surface area contributed by atoms with Crippen molar-refractivity contribution in [1.82, 2.24) is 15.1 Å². The van der Waals surface area contributed by atoms with E-state index in [1.165, 1.54) is 12.5 Å². The topological polar surface area (TPSA) is 68.2 Å². The Balaban J connectivity index is 1.44. The van der Waals surface area contributed by atoms with Crippen molar-refractivity contribution in [3.8, 4) is 5.88 Å². The molecule has 6 nitrogen and oxygen atoms in total. The van der Waals surface area contributed by atoms with Gasteiger partial charge in [0.25, 0.3) is 0 Å². The maximum Gasteiger partial charge on any atom is 0.221 e. The molecule has 23 heavy (non-hydrogen) atoms. The lowest BCUT2D eigenvalue weighted by atomic mass is 10.1. The summed E-state index contributed by atoms with van der Waals surface area (Å²) in [7, 11) is 0. The van der Waals surface area contributed by atoms with Crippen molar-refractivity contribution in [2.24, 2.45) is 0 Å². The number of benzene rings is 1. The lowest BCUT2D eigenvalue weighted by molar-refractivity contribution is -0.114. The molecular formula is C17H22N4O2. The zero-order chi connectivity index (χ0) is 16.1. The van der Waals surface area contributed by atoms with Gasteiger partial charge >= 0.3 is 0 Å². The number of nitrogens with zero attached hydrogens (tertiary/aromatic N) is 2. The summed E-state index contributed by atoms with van der Waals surface area (Å²) in [5.41, 5.74) is 3.18. The number of anilines is 1. The summed E-state index contributed by atoms with van der Waals surface area (Å²) in [6.45, 7) is 4.87. The summed E-state index contributed by atoms with van der Waals surface area (Å²) in [6.07, 6.45) is 3.84. The van der Waals surface area contributed by atoms with Crippen LogP contribution in [0.2, 0.25) is 0 Å². The van der Waals surface area contributed by atoms with E-state index in [0.717, 1.165) is 56.2 Å². The van der Waals surface area contributed by atoms with Gasteiger partial charge in [-0.1, -0.05) is 12.1 Å². The van der Waals surface area contributed by atoms with E-state index in [9.17, 15) is 4.79 Å². The largest absolute Gasteiger partial charge is 0.478 e. The molecule has 1 amide bonds. The van der Waals surface area contributed by atoms with Gasteiger partial charge in [-0.3, -0.25) is 4.79 Å². The molecule has 0 spiro atoms. The van der Waals surface area contributed by atoms with Gasteiger partial charge in [0.15, 0.2) is 0 Å². The Bertz CT molecular complexity index is 664. The fraction of sp³-hybridized carbons (Fsp3) is 0.412. The molecule has 1 aliphatic rings. The molecule has 2 aromatic rings. The fourth-order valence-corrected chi connectivity index (χ4v) is 2.66. The molecule has 0 fully saturated rings. The molecule has 3 rings (SSSR count). The molecule has 6 heteroatoms. The summed E-state index contributed by atoms with van der Waals surface area (Å²) in [5, 5.41) is 10.5. The first-order valence-corrected chi connectivity index (χ1v) is 7.97. The first-order valence-electron chi connectivity index (χ1n) is 7.97. The zero-order valence-corrected chi connectivity index (χ0v) is 13.3. The number of rotatable bonds is 6. The van der Waals surface area contributed by atoms with Gasteiger partial charge in [-0.2, -0.15) is 5.10 Å². The molecule has 122 valence electrons. The highest BCUT2D eigenvalue weighted by Crippen LogP contribution is 2.21. The van der Waals surface area contributed by atoms with Gasteiger partial charge in [-0.15, -0.1) is 0 Å². The third-order valence-electron chi connectivity index (χ3n) is 3.80. The summed E-state index contributed by atoms with van der Waals surface area (Å²) in [4.78, 5) is 11.0. The molecule has 1 aromatic carbocycles. The number of nitrogens with one attached hydrogen (secondary N) is 2. The molecule has 0 bridgehead atoms. The monoisotopic (exact) mass is 314 g/mol. The van der Waals surface area contributed by atoms with E-state index in [0.29, 0.717) is 0 Å². The third kappa shape index (κ3) is 4.10. The second-order valence-corrected chi connectivity index (χ2v) is 5.71. The number of amides is 1. The smallest absolute Gasteiger partial charge is 0.221 e. The molecule has 1 aliphatic heterocycles. The van der Waals surface area contributed by atoms with Crippen LogP contribution in [0.1, 0.15) is 24.5 Å². The number of hydrogen-bond donors (Lipinski definition) is 2. The van der Waals surface area contributed by atoms with E-state index >= 15 is 0 Å². The number of fused-ring (bicyclic) bond motifs is 1. The molecule has 0 radical (unpaired) electrons. The van der Waals surface area contributed by atoms with Gasteiger partial charge in [-0.05, 0) is 30.7 Å². The van der Waals surface area contributed by atoms with E-state index in [2.05, 4.69) is 15.7 Å². The molecule has 0 unspecified atom stereocenters. The molecule has 2 N–H and O–H groups in total. The van der Waals surface area contributed by atoms with Gasteiger partial charge < -0.3 is 15.4 Å². The van der Waals surface area contributed by atoms with Crippen LogP contribution in [0.4, 0.5) is 5.69 Å². The van der Waals surface area contributed by atoms with Crippen LogP contribution < -0.4 is 15.4 Å². The highest BCUT2D eigenvalue weighted by molar-refractivity contribution is 5.88. The third-order valence-corrected chi connectivity index (χ3v) is 3.80. The molecule has 0 aliphatic carbocycles. The number of hydrogen-bond acceptors (Lipinski definition) is 4. The molecule has 2 heterocycles. The summed E-state index contributed by atoms with van der Waals surface area (Å²) >= 11 is 0. The maximum atomic E-state index is 11.0. The number of aryl methyl sites for hydroxylation is 1. The van der Waals surface area contributed by atoms with E-state index < -0.39 is 0 Å². The van der Waals surface area contributed by atoms with Crippen LogP contribution in [-0.4, -0.2) is 28.8 Å². The molecule has 1 aromatic heterocycles. The van der Waals surface area contributed by atoms with Crippen molar-refractivity contribution in [1.29, 1.82) is 0 Å². The van der Waals surface area contributed by atoms with Gasteiger partial charge in [0.05, 0.1) is 12.8 Å². The molecule has 0 atom stereocenters. The second kappa shape index (κ2) is 7.28. The van der Waals surface area contributed by atoms with Crippen LogP contribution >= 0.6 is 0 Å². The van der Waals surface area contributed by atoms with Crippen LogP contribution in [0.5, 0.6) is 5.88 Å². The number of carbonyl (C=O) groups excluding carboxylic acids is 1. The predicted octanol–water partition coefficient (Wildman–Crippen LogP) is 1.96. The Morgan fingerprint density at radius 1 is 1.35 bits per heavy atom. The van der Waals surface area contributed by atoms with Crippen LogP contribution in [0.3, 0.4) is 0 Å². The number of ether oxygens (including phenoxy) is 1. The van der Waals surface area contributed by atoms with Crippen LogP contribution in [0.25, 0.3) is 0 Å². The van der Waals surface area contributed by atoms with E-state index in [4.69, 9.17) is 4.74 Å². The van der Waals surface area contributed by atoms with Crippen molar-refractivity contribution >= 4 is 11.6 Å². The Kier molecular flexibility index (Phi) is 4.92. The van der Waals surface area contributed by atoms with Crippen molar-refractivity contribution in [2.75, 3.05) is 18.5 Å². The summed E-state index contributed by atoms with van der Waals surface area (Å²) in [5.74, 6) is 0.856. The number of aromatic nitrogens is 2. The minimum absolute atomic E-state index is 0.0499. The van der Waals surface area contributed by atoms with Gasteiger partial charge in [0, 0.05) is 37.7 Å². The first kappa shape index (κ1) is 15.6. The van der Waals surface area contributed by atoms with Crippen molar-refractivity contribution < 1.29 is 9.53 Å². The Labute approximate surface area is 135 Å². The Hall–Kier alpha value is -2.34. The Morgan fingerprint density at radius 3 is 2.96 bits per heavy atom. The minimum Gasteiger partial charge on any atom is -0.478 e. The average molecular weight is 314 g/mol. The van der Waals surface area contributed by atoms with Crippen molar-refractivity contribution in [3.63, 3.8) is 0 Å².